The molecule has 0 aliphatic rings. The lowest BCUT2D eigenvalue weighted by Crippen LogP contribution is -2.20. The van der Waals surface area contributed by atoms with Crippen molar-refractivity contribution in [1.82, 2.24) is 0 Å². The smallest absolute Gasteiger partial charge is 0.423 e. The Morgan fingerprint density at radius 3 is 2.48 bits per heavy atom. The van der Waals surface area contributed by atoms with Crippen molar-refractivity contribution in [3.8, 4) is 5.75 Å². The number of nitro groups is 1. The van der Waals surface area contributed by atoms with Gasteiger partial charge in [-0.3, -0.25) is 19.7 Å². The number of halogens is 3. The summed E-state index contributed by atoms with van der Waals surface area (Å²) >= 11 is 0. The zero-order chi connectivity index (χ0) is 20.2. The third-order valence-corrected chi connectivity index (χ3v) is 3.39. The zero-order valence-corrected chi connectivity index (χ0v) is 13.9. The highest BCUT2D eigenvalue weighted by molar-refractivity contribution is 5.94. The molecule has 0 aliphatic heterocycles. The first-order valence-electron chi connectivity index (χ1n) is 7.47. The number of Topliss-reactive ketones (excluding diaryl/α,β-unsaturated/α-hetero) is 1. The molecule has 0 aliphatic carbocycles. The van der Waals surface area contributed by atoms with Crippen molar-refractivity contribution in [2.45, 2.75) is 13.1 Å². The Bertz CT molecular complexity index is 896. The quantitative estimate of drug-likeness (QED) is 0.465. The third kappa shape index (κ3) is 5.27. The molecule has 0 unspecified atom stereocenters. The molecule has 142 valence electrons. The van der Waals surface area contributed by atoms with Crippen LogP contribution in [0.5, 0.6) is 5.75 Å². The van der Waals surface area contributed by atoms with E-state index in [2.05, 4.69) is 5.32 Å². The van der Waals surface area contributed by atoms with Crippen molar-refractivity contribution in [3.05, 3.63) is 63.7 Å². The van der Waals surface area contributed by atoms with Crippen molar-refractivity contribution in [1.29, 1.82) is 0 Å². The van der Waals surface area contributed by atoms with Crippen molar-refractivity contribution >= 4 is 23.1 Å². The minimum absolute atomic E-state index is 0.199. The molecule has 0 heterocycles. The number of nitrogens with zero attached hydrogens (tertiary/aromatic N) is 1. The lowest BCUT2D eigenvalue weighted by molar-refractivity contribution is -0.388. The second-order valence-corrected chi connectivity index (χ2v) is 5.41. The van der Waals surface area contributed by atoms with Gasteiger partial charge in [-0.15, -0.1) is 0 Å². The molecule has 0 spiro atoms. The summed E-state index contributed by atoms with van der Waals surface area (Å²) in [7, 11) is 0. The fourth-order valence-electron chi connectivity index (χ4n) is 2.15. The van der Waals surface area contributed by atoms with E-state index in [9.17, 15) is 32.9 Å². The summed E-state index contributed by atoms with van der Waals surface area (Å²) in [5.74, 6) is -0.738. The van der Waals surface area contributed by atoms with Crippen LogP contribution in [0.2, 0.25) is 0 Å². The Hall–Kier alpha value is -3.43. The third-order valence-electron chi connectivity index (χ3n) is 3.39. The minimum atomic E-state index is -4.95. The summed E-state index contributed by atoms with van der Waals surface area (Å²) in [5, 5.41) is 12.9. The number of rotatable bonds is 6. The fourth-order valence-corrected chi connectivity index (χ4v) is 2.15. The number of anilines is 1. The summed E-state index contributed by atoms with van der Waals surface area (Å²) in [6, 6.07) is 8.17. The Morgan fingerprint density at radius 1 is 1.19 bits per heavy atom. The highest BCUT2D eigenvalue weighted by Crippen LogP contribution is 2.37. The molecule has 10 heteroatoms. The normalized spacial score (nSPS) is 11.0. The number of carbonyl (C=O) groups is 2. The van der Waals surface area contributed by atoms with E-state index in [-0.39, 0.29) is 17.2 Å². The highest BCUT2D eigenvalue weighted by atomic mass is 19.4. The van der Waals surface area contributed by atoms with E-state index in [1.807, 2.05) is 0 Å². The summed E-state index contributed by atoms with van der Waals surface area (Å²) in [4.78, 5) is 32.7. The molecule has 0 fully saturated rings. The van der Waals surface area contributed by atoms with E-state index in [4.69, 9.17) is 4.74 Å². The van der Waals surface area contributed by atoms with Crippen LogP contribution in [0.15, 0.2) is 42.5 Å². The molecule has 1 amide bonds. The molecule has 0 atom stereocenters. The molecule has 2 aromatic rings. The maximum atomic E-state index is 12.9. The predicted molar refractivity (Wildman–Crippen MR) is 88.7 cm³/mol. The van der Waals surface area contributed by atoms with Gasteiger partial charge in [0, 0.05) is 17.3 Å². The van der Waals surface area contributed by atoms with Crippen LogP contribution in [0, 0.1) is 10.1 Å². The predicted octanol–water partition coefficient (Wildman–Crippen LogP) is 3.83. The van der Waals surface area contributed by atoms with Gasteiger partial charge in [0.15, 0.2) is 12.4 Å². The van der Waals surface area contributed by atoms with Crippen molar-refractivity contribution in [3.63, 3.8) is 0 Å². The molecular formula is C17H13F3N2O5. The number of alkyl halides is 3. The van der Waals surface area contributed by atoms with E-state index in [1.165, 1.54) is 19.1 Å². The lowest BCUT2D eigenvalue weighted by atomic mass is 10.1. The maximum Gasteiger partial charge on any atom is 0.423 e. The van der Waals surface area contributed by atoms with Gasteiger partial charge in [-0.2, -0.15) is 13.2 Å². The average Bonchev–Trinajstić information content (AvgIpc) is 2.59. The number of ketones is 1. The standard InChI is InChI=1S/C17H13F3N2O5/c1-10(23)11-3-2-4-13(7-11)27-9-16(24)21-12-5-6-15(22(25)26)14(8-12)17(18,19)20/h2-8H,9H2,1H3,(H,21,24). The fraction of sp³-hybridized carbons (Fsp3) is 0.176. The lowest BCUT2D eigenvalue weighted by Gasteiger charge is -2.11. The molecule has 0 saturated carbocycles. The number of carbonyl (C=O) groups excluding carboxylic acids is 2. The van der Waals surface area contributed by atoms with Crippen LogP contribution in [-0.2, 0) is 11.0 Å². The number of hydrogen-bond acceptors (Lipinski definition) is 5. The molecule has 0 aromatic heterocycles. The Labute approximate surface area is 150 Å². The van der Waals surface area contributed by atoms with Gasteiger partial charge >= 0.3 is 6.18 Å². The monoisotopic (exact) mass is 382 g/mol. The number of ether oxygens (including phenoxy) is 1. The van der Waals surface area contributed by atoms with E-state index in [1.54, 1.807) is 12.1 Å². The average molecular weight is 382 g/mol. The van der Waals surface area contributed by atoms with Gasteiger partial charge in [0.1, 0.15) is 11.3 Å². The topological polar surface area (TPSA) is 98.5 Å². The van der Waals surface area contributed by atoms with Crippen LogP contribution in [0.4, 0.5) is 24.5 Å². The van der Waals surface area contributed by atoms with Crippen LogP contribution in [-0.4, -0.2) is 23.2 Å². The molecule has 27 heavy (non-hydrogen) atoms. The molecule has 1 N–H and O–H groups in total. The first-order chi connectivity index (χ1) is 12.6. The number of benzene rings is 2. The Kier molecular flexibility index (Phi) is 5.78. The number of nitro benzene ring substituents is 1. The van der Waals surface area contributed by atoms with E-state index >= 15 is 0 Å². The van der Waals surface area contributed by atoms with Gasteiger partial charge in [-0.25, -0.2) is 0 Å². The summed E-state index contributed by atoms with van der Waals surface area (Å²) in [6.07, 6.45) is -4.95. The summed E-state index contributed by atoms with van der Waals surface area (Å²) in [5.41, 5.74) is -2.48. The second-order valence-electron chi connectivity index (χ2n) is 5.41. The molecule has 2 rings (SSSR count). The second kappa shape index (κ2) is 7.85. The number of amides is 1. The van der Waals surface area contributed by atoms with Crippen LogP contribution < -0.4 is 10.1 Å². The van der Waals surface area contributed by atoms with Crippen LogP contribution in [0.1, 0.15) is 22.8 Å². The Morgan fingerprint density at radius 2 is 1.89 bits per heavy atom. The minimum Gasteiger partial charge on any atom is -0.484 e. The van der Waals surface area contributed by atoms with Gasteiger partial charge in [0.2, 0.25) is 0 Å². The molecule has 2 aromatic carbocycles. The van der Waals surface area contributed by atoms with Gasteiger partial charge in [-0.05, 0) is 31.2 Å². The van der Waals surface area contributed by atoms with Gasteiger partial charge in [0.05, 0.1) is 4.92 Å². The molecular weight excluding hydrogens is 369 g/mol. The summed E-state index contributed by atoms with van der Waals surface area (Å²) < 4.78 is 44.0. The molecule has 7 nitrogen and oxygen atoms in total. The molecule has 0 saturated heterocycles. The molecule has 0 radical (unpaired) electrons. The van der Waals surface area contributed by atoms with E-state index in [0.717, 1.165) is 6.07 Å². The van der Waals surface area contributed by atoms with Crippen LogP contribution >= 0.6 is 0 Å². The Balaban J connectivity index is 2.09. The number of hydrogen-bond donors (Lipinski definition) is 1. The summed E-state index contributed by atoms with van der Waals surface area (Å²) in [6.45, 7) is 0.832. The molecule has 0 bridgehead atoms. The van der Waals surface area contributed by atoms with Crippen LogP contribution in [0.3, 0.4) is 0 Å². The van der Waals surface area contributed by atoms with Crippen LogP contribution in [0.25, 0.3) is 0 Å². The SMILES string of the molecule is CC(=O)c1cccc(OCC(=O)Nc2ccc([N+](=O)[O-])c(C(F)(F)F)c2)c1. The largest absolute Gasteiger partial charge is 0.484 e. The van der Waals surface area contributed by atoms with Gasteiger partial charge in [0.25, 0.3) is 11.6 Å². The van der Waals surface area contributed by atoms with Gasteiger partial charge in [-0.1, -0.05) is 12.1 Å². The van der Waals surface area contributed by atoms with Crippen molar-refractivity contribution in [2.24, 2.45) is 0 Å². The first-order valence-corrected chi connectivity index (χ1v) is 7.47. The highest BCUT2D eigenvalue weighted by Gasteiger charge is 2.38. The van der Waals surface area contributed by atoms with Crippen molar-refractivity contribution in [2.75, 3.05) is 11.9 Å². The van der Waals surface area contributed by atoms with Gasteiger partial charge < -0.3 is 10.1 Å². The number of nitrogens with one attached hydrogen (secondary N) is 1. The van der Waals surface area contributed by atoms with Crippen molar-refractivity contribution < 1.29 is 32.4 Å². The first kappa shape index (κ1) is 19.9. The van der Waals surface area contributed by atoms with E-state index < -0.39 is 34.9 Å². The van der Waals surface area contributed by atoms with E-state index in [0.29, 0.717) is 17.7 Å². The zero-order valence-electron chi connectivity index (χ0n) is 13.9. The maximum absolute atomic E-state index is 12.9.